The van der Waals surface area contributed by atoms with E-state index in [-0.39, 0.29) is 0 Å². The molecule has 1 unspecified atom stereocenters. The lowest BCUT2D eigenvalue weighted by molar-refractivity contribution is 0.725. The van der Waals surface area contributed by atoms with Crippen molar-refractivity contribution >= 4 is 21.6 Å². The first kappa shape index (κ1) is 9.52. The first-order valence-electron chi connectivity index (χ1n) is 4.06. The quantitative estimate of drug-likeness (QED) is 0.792. The Balaban J connectivity index is 3.04. The standard InChI is InChI=1S/C9H13BrN2/c1-3-6(2)8-4-7(11)5-12-9(8)10/h4-6H,3,11H2,1-2H3. The number of halogens is 1. The van der Waals surface area contributed by atoms with E-state index < -0.39 is 0 Å². The normalized spacial score (nSPS) is 12.9. The number of nitrogens with zero attached hydrogens (tertiary/aromatic N) is 1. The Morgan fingerprint density at radius 2 is 2.33 bits per heavy atom. The lowest BCUT2D eigenvalue weighted by Crippen LogP contribution is -1.97. The smallest absolute Gasteiger partial charge is 0.109 e. The van der Waals surface area contributed by atoms with Crippen LogP contribution in [0.3, 0.4) is 0 Å². The van der Waals surface area contributed by atoms with Crippen molar-refractivity contribution in [3.05, 3.63) is 22.4 Å². The van der Waals surface area contributed by atoms with Gasteiger partial charge in [-0.2, -0.15) is 0 Å². The molecule has 0 spiro atoms. The molecule has 0 amide bonds. The predicted octanol–water partition coefficient (Wildman–Crippen LogP) is 2.94. The summed E-state index contributed by atoms with van der Waals surface area (Å²) < 4.78 is 0.908. The van der Waals surface area contributed by atoms with Gasteiger partial charge >= 0.3 is 0 Å². The average Bonchev–Trinajstić information content (AvgIpc) is 2.08. The van der Waals surface area contributed by atoms with Gasteiger partial charge in [0.1, 0.15) is 4.60 Å². The molecule has 1 aromatic heterocycles. The minimum atomic E-state index is 0.510. The second kappa shape index (κ2) is 3.90. The molecule has 2 nitrogen and oxygen atoms in total. The molecule has 66 valence electrons. The first-order valence-corrected chi connectivity index (χ1v) is 4.85. The molecule has 1 rings (SSSR count). The van der Waals surface area contributed by atoms with E-state index in [1.807, 2.05) is 6.07 Å². The highest BCUT2D eigenvalue weighted by Gasteiger charge is 2.08. The predicted molar refractivity (Wildman–Crippen MR) is 55.1 cm³/mol. The number of rotatable bonds is 2. The van der Waals surface area contributed by atoms with Gasteiger partial charge in [0.2, 0.25) is 0 Å². The summed E-state index contributed by atoms with van der Waals surface area (Å²) in [5.41, 5.74) is 7.56. The fourth-order valence-corrected chi connectivity index (χ4v) is 1.66. The van der Waals surface area contributed by atoms with Crippen molar-refractivity contribution < 1.29 is 0 Å². The number of nitrogens with two attached hydrogens (primary N) is 1. The summed E-state index contributed by atoms with van der Waals surface area (Å²) in [5, 5.41) is 0. The van der Waals surface area contributed by atoms with Gasteiger partial charge in [-0.3, -0.25) is 0 Å². The Labute approximate surface area is 81.3 Å². The van der Waals surface area contributed by atoms with Crippen LogP contribution >= 0.6 is 15.9 Å². The van der Waals surface area contributed by atoms with Crippen LogP contribution in [-0.2, 0) is 0 Å². The molecule has 3 heteroatoms. The molecule has 0 aliphatic carbocycles. The average molecular weight is 229 g/mol. The topological polar surface area (TPSA) is 38.9 Å². The maximum Gasteiger partial charge on any atom is 0.109 e. The highest BCUT2D eigenvalue weighted by molar-refractivity contribution is 9.10. The van der Waals surface area contributed by atoms with Crippen LogP contribution in [0.4, 0.5) is 5.69 Å². The molecule has 0 saturated carbocycles. The van der Waals surface area contributed by atoms with Gasteiger partial charge in [-0.1, -0.05) is 13.8 Å². The third kappa shape index (κ3) is 1.97. The molecule has 12 heavy (non-hydrogen) atoms. The van der Waals surface area contributed by atoms with Crippen LogP contribution in [0.2, 0.25) is 0 Å². The lowest BCUT2D eigenvalue weighted by atomic mass is 10.0. The molecule has 0 radical (unpaired) electrons. The van der Waals surface area contributed by atoms with E-state index in [4.69, 9.17) is 5.73 Å². The van der Waals surface area contributed by atoms with E-state index >= 15 is 0 Å². The van der Waals surface area contributed by atoms with Crippen molar-refractivity contribution in [2.24, 2.45) is 0 Å². The summed E-state index contributed by atoms with van der Waals surface area (Å²) in [6.45, 7) is 4.32. The summed E-state index contributed by atoms with van der Waals surface area (Å²) >= 11 is 3.41. The fraction of sp³-hybridized carbons (Fsp3) is 0.444. The molecular formula is C9H13BrN2. The largest absolute Gasteiger partial charge is 0.397 e. The molecule has 0 fully saturated rings. The van der Waals surface area contributed by atoms with Crippen LogP contribution in [0.15, 0.2) is 16.9 Å². The van der Waals surface area contributed by atoms with Gasteiger partial charge in [0, 0.05) is 0 Å². The zero-order valence-corrected chi connectivity index (χ0v) is 8.93. The maximum atomic E-state index is 5.64. The molecule has 0 aliphatic heterocycles. The SMILES string of the molecule is CCC(C)c1cc(N)cnc1Br. The highest BCUT2D eigenvalue weighted by Crippen LogP contribution is 2.26. The third-order valence-electron chi connectivity index (χ3n) is 2.03. The Morgan fingerprint density at radius 3 is 2.92 bits per heavy atom. The number of hydrogen-bond donors (Lipinski definition) is 1. The van der Waals surface area contributed by atoms with Crippen LogP contribution in [0.1, 0.15) is 31.7 Å². The van der Waals surface area contributed by atoms with Crippen molar-refractivity contribution in [2.45, 2.75) is 26.2 Å². The molecule has 1 heterocycles. The van der Waals surface area contributed by atoms with Crippen LogP contribution in [0.5, 0.6) is 0 Å². The van der Waals surface area contributed by atoms with E-state index in [1.54, 1.807) is 6.20 Å². The van der Waals surface area contributed by atoms with Crippen LogP contribution in [0, 0.1) is 0 Å². The summed E-state index contributed by atoms with van der Waals surface area (Å²) in [6, 6.07) is 1.98. The van der Waals surface area contributed by atoms with Crippen molar-refractivity contribution in [2.75, 3.05) is 5.73 Å². The molecule has 1 aromatic rings. The van der Waals surface area contributed by atoms with Gasteiger partial charge in [0.15, 0.2) is 0 Å². The van der Waals surface area contributed by atoms with E-state index in [0.29, 0.717) is 5.92 Å². The van der Waals surface area contributed by atoms with Crippen molar-refractivity contribution in [1.82, 2.24) is 4.98 Å². The van der Waals surface area contributed by atoms with Crippen molar-refractivity contribution in [3.8, 4) is 0 Å². The number of aromatic nitrogens is 1. The molecule has 0 saturated heterocycles. The van der Waals surface area contributed by atoms with Crippen LogP contribution in [-0.4, -0.2) is 4.98 Å². The highest BCUT2D eigenvalue weighted by atomic mass is 79.9. The summed E-state index contributed by atoms with van der Waals surface area (Å²) in [6.07, 6.45) is 2.76. The Bertz CT molecular complexity index is 273. The third-order valence-corrected chi connectivity index (χ3v) is 2.69. The molecule has 0 aromatic carbocycles. The van der Waals surface area contributed by atoms with E-state index in [1.165, 1.54) is 5.56 Å². The second-order valence-electron chi connectivity index (χ2n) is 2.96. The molecule has 0 aliphatic rings. The number of hydrogen-bond acceptors (Lipinski definition) is 2. The molecular weight excluding hydrogens is 216 g/mol. The number of anilines is 1. The Hall–Kier alpha value is -0.570. The van der Waals surface area contributed by atoms with E-state index in [0.717, 1.165) is 16.7 Å². The maximum absolute atomic E-state index is 5.64. The zero-order chi connectivity index (χ0) is 9.14. The van der Waals surface area contributed by atoms with Crippen molar-refractivity contribution in [3.63, 3.8) is 0 Å². The van der Waals surface area contributed by atoms with Gasteiger partial charge in [-0.05, 0) is 39.9 Å². The second-order valence-corrected chi connectivity index (χ2v) is 3.71. The van der Waals surface area contributed by atoms with Gasteiger partial charge < -0.3 is 5.73 Å². The van der Waals surface area contributed by atoms with Gasteiger partial charge in [-0.15, -0.1) is 0 Å². The van der Waals surface area contributed by atoms with Gasteiger partial charge in [-0.25, -0.2) is 4.98 Å². The minimum absolute atomic E-state index is 0.510. The molecule has 0 bridgehead atoms. The molecule has 1 atom stereocenters. The van der Waals surface area contributed by atoms with Crippen molar-refractivity contribution in [1.29, 1.82) is 0 Å². The molecule has 2 N–H and O–H groups in total. The first-order chi connectivity index (χ1) is 5.65. The Kier molecular flexibility index (Phi) is 3.09. The zero-order valence-electron chi connectivity index (χ0n) is 7.34. The van der Waals surface area contributed by atoms with Crippen LogP contribution in [0.25, 0.3) is 0 Å². The number of pyridine rings is 1. The Morgan fingerprint density at radius 1 is 1.67 bits per heavy atom. The van der Waals surface area contributed by atoms with Gasteiger partial charge in [0.05, 0.1) is 11.9 Å². The monoisotopic (exact) mass is 228 g/mol. The summed E-state index contributed by atoms with van der Waals surface area (Å²) in [4.78, 5) is 4.14. The summed E-state index contributed by atoms with van der Waals surface area (Å²) in [7, 11) is 0. The minimum Gasteiger partial charge on any atom is -0.397 e. The summed E-state index contributed by atoms with van der Waals surface area (Å²) in [5.74, 6) is 0.510. The number of nitrogen functional groups attached to an aromatic ring is 1. The van der Waals surface area contributed by atoms with Crippen LogP contribution < -0.4 is 5.73 Å². The lowest BCUT2D eigenvalue weighted by Gasteiger charge is -2.10. The van der Waals surface area contributed by atoms with E-state index in [9.17, 15) is 0 Å². The van der Waals surface area contributed by atoms with E-state index in [2.05, 4.69) is 34.8 Å². The fourth-order valence-electron chi connectivity index (χ4n) is 1.05. The van der Waals surface area contributed by atoms with Gasteiger partial charge in [0.25, 0.3) is 0 Å².